The van der Waals surface area contributed by atoms with Gasteiger partial charge < -0.3 is 0 Å². The molecule has 1 heterocycles. The molecule has 0 amide bonds. The van der Waals surface area contributed by atoms with E-state index in [1.54, 1.807) is 12.1 Å². The topological polar surface area (TPSA) is 73.1 Å². The highest BCUT2D eigenvalue weighted by Crippen LogP contribution is 2.19. The lowest BCUT2D eigenvalue weighted by Gasteiger charge is -1.99. The minimum Gasteiger partial charge on any atom is -0.294 e. The number of non-ortho nitro benzene ring substituents is 1. The summed E-state index contributed by atoms with van der Waals surface area (Å²) in [4.78, 5) is 25.2. The van der Waals surface area contributed by atoms with E-state index in [-0.39, 0.29) is 11.5 Å². The molecule has 0 atom stereocenters. The second kappa shape index (κ2) is 3.69. The highest BCUT2D eigenvalue weighted by Gasteiger charge is 2.08. The van der Waals surface area contributed by atoms with Crippen LogP contribution >= 0.6 is 0 Å². The van der Waals surface area contributed by atoms with E-state index in [1.165, 1.54) is 25.3 Å². The van der Waals surface area contributed by atoms with Crippen LogP contribution < -0.4 is 0 Å². The van der Waals surface area contributed by atoms with E-state index >= 15 is 0 Å². The molecule has 5 heteroatoms. The van der Waals surface area contributed by atoms with Gasteiger partial charge in [0.15, 0.2) is 5.78 Å². The Morgan fingerprint density at radius 2 is 2.12 bits per heavy atom. The first-order chi connectivity index (χ1) is 7.58. The van der Waals surface area contributed by atoms with Gasteiger partial charge in [-0.25, -0.2) is 0 Å². The molecule has 0 radical (unpaired) electrons. The molecule has 80 valence electrons. The van der Waals surface area contributed by atoms with E-state index in [9.17, 15) is 14.9 Å². The van der Waals surface area contributed by atoms with Crippen LogP contribution in [-0.2, 0) is 0 Å². The molecule has 5 nitrogen and oxygen atoms in total. The zero-order chi connectivity index (χ0) is 11.7. The van der Waals surface area contributed by atoms with Gasteiger partial charge in [-0.1, -0.05) is 0 Å². The van der Waals surface area contributed by atoms with Gasteiger partial charge in [-0.05, 0) is 19.1 Å². The van der Waals surface area contributed by atoms with E-state index in [0.717, 1.165) is 5.39 Å². The van der Waals surface area contributed by atoms with Crippen LogP contribution in [0.1, 0.15) is 17.3 Å². The molecule has 1 aromatic heterocycles. The summed E-state index contributed by atoms with van der Waals surface area (Å²) < 4.78 is 0. The van der Waals surface area contributed by atoms with Crippen molar-refractivity contribution in [1.82, 2.24) is 4.98 Å². The number of ketones is 1. The van der Waals surface area contributed by atoms with E-state index in [0.29, 0.717) is 11.1 Å². The van der Waals surface area contributed by atoms with Crippen molar-refractivity contribution in [2.24, 2.45) is 0 Å². The van der Waals surface area contributed by atoms with Gasteiger partial charge in [-0.15, -0.1) is 0 Å². The highest BCUT2D eigenvalue weighted by atomic mass is 16.6. The first-order valence-electron chi connectivity index (χ1n) is 4.63. The average molecular weight is 216 g/mol. The number of nitro groups is 1. The van der Waals surface area contributed by atoms with Crippen molar-refractivity contribution in [2.75, 3.05) is 0 Å². The number of carbonyl (C=O) groups is 1. The Balaban J connectivity index is 2.61. The van der Waals surface area contributed by atoms with Crippen molar-refractivity contribution in [2.45, 2.75) is 6.92 Å². The van der Waals surface area contributed by atoms with Crippen LogP contribution in [0.25, 0.3) is 10.9 Å². The molecular formula is C11H8N2O3. The molecule has 0 aliphatic heterocycles. The Kier molecular flexibility index (Phi) is 2.36. The standard InChI is InChI=1S/C11H8N2O3/c1-7(14)9-4-8-2-3-10(13(15)16)5-11(8)12-6-9/h2-6H,1H3. The second-order valence-corrected chi connectivity index (χ2v) is 3.41. The number of rotatable bonds is 2. The third kappa shape index (κ3) is 1.75. The number of nitro benzene ring substituents is 1. The van der Waals surface area contributed by atoms with Gasteiger partial charge in [0.05, 0.1) is 10.4 Å². The van der Waals surface area contributed by atoms with Gasteiger partial charge >= 0.3 is 0 Å². The largest absolute Gasteiger partial charge is 0.294 e. The molecule has 0 N–H and O–H groups in total. The SMILES string of the molecule is CC(=O)c1cnc2cc([N+](=O)[O-])ccc2c1. The first kappa shape index (κ1) is 10.2. The molecule has 0 bridgehead atoms. The van der Waals surface area contributed by atoms with Crippen molar-refractivity contribution >= 4 is 22.4 Å². The van der Waals surface area contributed by atoms with Crippen molar-refractivity contribution in [3.05, 3.63) is 46.1 Å². The number of hydrogen-bond donors (Lipinski definition) is 0. The molecule has 0 unspecified atom stereocenters. The van der Waals surface area contributed by atoms with E-state index < -0.39 is 4.92 Å². The van der Waals surface area contributed by atoms with Crippen LogP contribution in [0.2, 0.25) is 0 Å². The number of carbonyl (C=O) groups excluding carboxylic acids is 1. The van der Waals surface area contributed by atoms with E-state index in [1.807, 2.05) is 0 Å². The lowest BCUT2D eigenvalue weighted by atomic mass is 10.1. The Bertz CT molecular complexity index is 540. The summed E-state index contributed by atoms with van der Waals surface area (Å²) in [6.45, 7) is 1.45. The predicted octanol–water partition coefficient (Wildman–Crippen LogP) is 2.35. The number of nitrogens with zero attached hydrogens (tertiary/aromatic N) is 2. The zero-order valence-corrected chi connectivity index (χ0v) is 8.51. The maximum Gasteiger partial charge on any atom is 0.271 e. The van der Waals surface area contributed by atoms with Crippen LogP contribution in [-0.4, -0.2) is 15.7 Å². The van der Waals surface area contributed by atoms with Crippen LogP contribution in [0.3, 0.4) is 0 Å². The normalized spacial score (nSPS) is 10.3. The summed E-state index contributed by atoms with van der Waals surface area (Å²) in [5, 5.41) is 11.3. The van der Waals surface area contributed by atoms with Crippen molar-refractivity contribution in [1.29, 1.82) is 0 Å². The summed E-state index contributed by atoms with van der Waals surface area (Å²) in [6.07, 6.45) is 1.42. The van der Waals surface area contributed by atoms with Crippen molar-refractivity contribution in [3.8, 4) is 0 Å². The van der Waals surface area contributed by atoms with Gasteiger partial charge in [0.1, 0.15) is 0 Å². The number of pyridine rings is 1. The minimum absolute atomic E-state index is 0.00410. The number of Topliss-reactive ketones (excluding diaryl/α,β-unsaturated/α-hetero) is 1. The van der Waals surface area contributed by atoms with Crippen molar-refractivity contribution < 1.29 is 9.72 Å². The van der Waals surface area contributed by atoms with E-state index in [4.69, 9.17) is 0 Å². The summed E-state index contributed by atoms with van der Waals surface area (Å²) in [6, 6.07) is 6.05. The molecule has 2 rings (SSSR count). The lowest BCUT2D eigenvalue weighted by molar-refractivity contribution is -0.384. The van der Waals surface area contributed by atoms with Gasteiger partial charge in [-0.2, -0.15) is 0 Å². The van der Waals surface area contributed by atoms with Crippen LogP contribution in [0.5, 0.6) is 0 Å². The molecule has 0 spiro atoms. The Morgan fingerprint density at radius 1 is 1.38 bits per heavy atom. The molecule has 0 aliphatic carbocycles. The molecule has 16 heavy (non-hydrogen) atoms. The fourth-order valence-corrected chi connectivity index (χ4v) is 1.42. The predicted molar refractivity (Wildman–Crippen MR) is 58.4 cm³/mol. The number of hydrogen-bond acceptors (Lipinski definition) is 4. The summed E-state index contributed by atoms with van der Waals surface area (Å²) in [5.74, 6) is -0.0762. The Morgan fingerprint density at radius 3 is 2.75 bits per heavy atom. The molecule has 0 fully saturated rings. The maximum atomic E-state index is 11.1. The summed E-state index contributed by atoms with van der Waals surface area (Å²) >= 11 is 0. The monoisotopic (exact) mass is 216 g/mol. The number of fused-ring (bicyclic) bond motifs is 1. The van der Waals surface area contributed by atoms with Crippen LogP contribution in [0.4, 0.5) is 5.69 Å². The number of benzene rings is 1. The fraction of sp³-hybridized carbons (Fsp3) is 0.0909. The van der Waals surface area contributed by atoms with Gasteiger partial charge in [0.2, 0.25) is 0 Å². The van der Waals surface area contributed by atoms with Gasteiger partial charge in [0, 0.05) is 29.3 Å². The lowest BCUT2D eigenvalue weighted by Crippen LogP contribution is -1.94. The second-order valence-electron chi connectivity index (χ2n) is 3.41. The minimum atomic E-state index is -0.472. The molecule has 1 aromatic carbocycles. The molecule has 0 saturated heterocycles. The smallest absolute Gasteiger partial charge is 0.271 e. The molecular weight excluding hydrogens is 208 g/mol. The average Bonchev–Trinajstić information content (AvgIpc) is 2.27. The van der Waals surface area contributed by atoms with E-state index in [2.05, 4.69) is 4.98 Å². The first-order valence-corrected chi connectivity index (χ1v) is 4.63. The Hall–Kier alpha value is -2.30. The van der Waals surface area contributed by atoms with Gasteiger partial charge in [-0.3, -0.25) is 19.9 Å². The number of aromatic nitrogens is 1. The maximum absolute atomic E-state index is 11.1. The zero-order valence-electron chi connectivity index (χ0n) is 8.51. The summed E-state index contributed by atoms with van der Waals surface area (Å²) in [5.41, 5.74) is 1.01. The highest BCUT2D eigenvalue weighted by molar-refractivity contribution is 5.97. The van der Waals surface area contributed by atoms with Crippen LogP contribution in [0, 0.1) is 10.1 Å². The third-order valence-electron chi connectivity index (χ3n) is 2.29. The van der Waals surface area contributed by atoms with Gasteiger partial charge in [0.25, 0.3) is 5.69 Å². The molecule has 0 aliphatic rings. The quantitative estimate of drug-likeness (QED) is 0.438. The third-order valence-corrected chi connectivity index (χ3v) is 2.29. The van der Waals surface area contributed by atoms with Crippen molar-refractivity contribution in [3.63, 3.8) is 0 Å². The molecule has 0 saturated carbocycles. The Labute approximate surface area is 90.9 Å². The molecule has 2 aromatic rings. The van der Waals surface area contributed by atoms with Crippen LogP contribution in [0.15, 0.2) is 30.5 Å². The summed E-state index contributed by atoms with van der Waals surface area (Å²) in [7, 11) is 0. The fourth-order valence-electron chi connectivity index (χ4n) is 1.42.